The maximum absolute atomic E-state index is 13.0. The minimum atomic E-state index is -0.782. The summed E-state index contributed by atoms with van der Waals surface area (Å²) in [7, 11) is 0. The molecule has 28 heavy (non-hydrogen) atoms. The second kappa shape index (κ2) is 8.27. The van der Waals surface area contributed by atoms with Crippen LogP contribution in [0, 0.1) is 6.92 Å². The van der Waals surface area contributed by atoms with Crippen LogP contribution in [0.2, 0.25) is 5.02 Å². The zero-order chi connectivity index (χ0) is 20.3. The number of nitrogens with zero attached hydrogens (tertiary/aromatic N) is 1. The normalized spacial score (nSPS) is 15.8. The van der Waals surface area contributed by atoms with Gasteiger partial charge in [-0.1, -0.05) is 36.7 Å². The number of nitrogens with one attached hydrogen (secondary N) is 1. The number of urea groups is 1. The summed E-state index contributed by atoms with van der Waals surface area (Å²) in [5, 5.41) is 2.65. The van der Waals surface area contributed by atoms with Crippen molar-refractivity contribution in [1.82, 2.24) is 5.32 Å². The number of aryl methyl sites for hydroxylation is 1. The molecule has 3 rings (SSSR count). The molecule has 4 amide bonds. The van der Waals surface area contributed by atoms with E-state index in [-0.39, 0.29) is 5.57 Å². The van der Waals surface area contributed by atoms with Gasteiger partial charge in [0.05, 0.1) is 12.3 Å². The summed E-state index contributed by atoms with van der Waals surface area (Å²) in [6, 6.07) is 11.1. The third kappa shape index (κ3) is 3.92. The van der Waals surface area contributed by atoms with Crippen LogP contribution in [-0.2, 0) is 9.59 Å². The number of para-hydroxylation sites is 1. The smallest absolute Gasteiger partial charge is 0.335 e. The van der Waals surface area contributed by atoms with Gasteiger partial charge in [-0.2, -0.15) is 0 Å². The van der Waals surface area contributed by atoms with Gasteiger partial charge in [0.2, 0.25) is 0 Å². The number of benzene rings is 2. The molecule has 0 aromatic heterocycles. The molecule has 0 bridgehead atoms. The number of hydrogen-bond donors (Lipinski definition) is 1. The molecule has 1 saturated heterocycles. The standard InChI is InChI=1S/C21H19ClN2O4/c1-3-10-28-18-9-8-15(22)11-14(18)12-16-19(25)23-21(27)24(20(16)26)17-7-5-4-6-13(17)2/h4-9,11-12H,3,10H2,1-2H3,(H,23,25,27)/b16-12+. The van der Waals surface area contributed by atoms with E-state index in [1.807, 2.05) is 6.92 Å². The first-order valence-corrected chi connectivity index (χ1v) is 9.19. The summed E-state index contributed by atoms with van der Waals surface area (Å²) in [5.74, 6) is -0.968. The minimum absolute atomic E-state index is 0.175. The van der Waals surface area contributed by atoms with Gasteiger partial charge in [0.15, 0.2) is 0 Å². The molecular weight excluding hydrogens is 380 g/mol. The largest absolute Gasteiger partial charge is 0.493 e. The number of carbonyl (C=O) groups is 3. The van der Waals surface area contributed by atoms with E-state index >= 15 is 0 Å². The maximum atomic E-state index is 13.0. The van der Waals surface area contributed by atoms with Gasteiger partial charge >= 0.3 is 6.03 Å². The Morgan fingerprint density at radius 3 is 2.61 bits per heavy atom. The van der Waals surface area contributed by atoms with E-state index in [0.717, 1.165) is 16.9 Å². The fourth-order valence-corrected chi connectivity index (χ4v) is 3.00. The van der Waals surface area contributed by atoms with Crippen LogP contribution in [0.3, 0.4) is 0 Å². The Bertz CT molecular complexity index is 984. The molecule has 2 aromatic rings. The zero-order valence-electron chi connectivity index (χ0n) is 15.5. The molecule has 0 aliphatic carbocycles. The van der Waals surface area contributed by atoms with E-state index in [4.69, 9.17) is 16.3 Å². The molecule has 144 valence electrons. The SMILES string of the molecule is CCCOc1ccc(Cl)cc1/C=C1\C(=O)NC(=O)N(c2ccccc2C)C1=O. The van der Waals surface area contributed by atoms with Crippen LogP contribution < -0.4 is 15.0 Å². The molecule has 1 aliphatic heterocycles. The number of carbonyl (C=O) groups excluding carboxylic acids is 3. The van der Waals surface area contributed by atoms with Crippen LogP contribution >= 0.6 is 11.6 Å². The van der Waals surface area contributed by atoms with E-state index in [1.165, 1.54) is 6.08 Å². The number of imide groups is 2. The van der Waals surface area contributed by atoms with Gasteiger partial charge in [0.25, 0.3) is 11.8 Å². The van der Waals surface area contributed by atoms with Crippen LogP contribution in [0.15, 0.2) is 48.0 Å². The van der Waals surface area contributed by atoms with Crippen molar-refractivity contribution < 1.29 is 19.1 Å². The highest BCUT2D eigenvalue weighted by molar-refractivity contribution is 6.39. The van der Waals surface area contributed by atoms with Gasteiger partial charge in [-0.3, -0.25) is 14.9 Å². The van der Waals surface area contributed by atoms with Gasteiger partial charge in [-0.15, -0.1) is 0 Å². The summed E-state index contributed by atoms with van der Waals surface area (Å²) < 4.78 is 5.68. The molecule has 1 aliphatic rings. The van der Waals surface area contributed by atoms with E-state index in [9.17, 15) is 14.4 Å². The molecule has 0 radical (unpaired) electrons. The molecular formula is C21H19ClN2O4. The average molecular weight is 399 g/mol. The Kier molecular flexibility index (Phi) is 5.80. The Balaban J connectivity index is 2.05. The quantitative estimate of drug-likeness (QED) is 0.607. The number of rotatable bonds is 5. The Hall–Kier alpha value is -3.12. The highest BCUT2D eigenvalue weighted by Gasteiger charge is 2.37. The summed E-state index contributed by atoms with van der Waals surface area (Å²) in [6.07, 6.45) is 2.19. The van der Waals surface area contributed by atoms with Crippen molar-refractivity contribution in [1.29, 1.82) is 0 Å². The van der Waals surface area contributed by atoms with Crippen LogP contribution in [0.25, 0.3) is 6.08 Å². The molecule has 0 unspecified atom stereocenters. The van der Waals surface area contributed by atoms with Crippen molar-refractivity contribution in [2.24, 2.45) is 0 Å². The van der Waals surface area contributed by atoms with Crippen molar-refractivity contribution in [3.63, 3.8) is 0 Å². The third-order valence-electron chi connectivity index (χ3n) is 4.19. The fourth-order valence-electron chi connectivity index (χ4n) is 2.82. The number of anilines is 1. The summed E-state index contributed by atoms with van der Waals surface area (Å²) in [6.45, 7) is 4.23. The van der Waals surface area contributed by atoms with Gasteiger partial charge in [0.1, 0.15) is 11.3 Å². The maximum Gasteiger partial charge on any atom is 0.335 e. The highest BCUT2D eigenvalue weighted by atomic mass is 35.5. The van der Waals surface area contributed by atoms with Crippen molar-refractivity contribution in [3.05, 3.63) is 64.2 Å². The van der Waals surface area contributed by atoms with E-state index in [2.05, 4.69) is 5.32 Å². The molecule has 0 atom stereocenters. The van der Waals surface area contributed by atoms with Crippen LogP contribution in [0.5, 0.6) is 5.75 Å². The van der Waals surface area contributed by atoms with Crippen LogP contribution in [0.4, 0.5) is 10.5 Å². The molecule has 0 spiro atoms. The predicted molar refractivity (Wildman–Crippen MR) is 107 cm³/mol. The van der Waals surface area contributed by atoms with Gasteiger partial charge in [0, 0.05) is 10.6 Å². The molecule has 1 N–H and O–H groups in total. The van der Waals surface area contributed by atoms with Crippen molar-refractivity contribution in [3.8, 4) is 5.75 Å². The van der Waals surface area contributed by atoms with Gasteiger partial charge < -0.3 is 4.74 Å². The van der Waals surface area contributed by atoms with Crippen LogP contribution in [0.1, 0.15) is 24.5 Å². The topological polar surface area (TPSA) is 75.7 Å². The van der Waals surface area contributed by atoms with Gasteiger partial charge in [-0.25, -0.2) is 9.69 Å². The minimum Gasteiger partial charge on any atom is -0.493 e. The zero-order valence-corrected chi connectivity index (χ0v) is 16.2. The summed E-state index contributed by atoms with van der Waals surface area (Å²) in [5.41, 5.74) is 1.45. The third-order valence-corrected chi connectivity index (χ3v) is 4.43. The number of ether oxygens (including phenoxy) is 1. The second-order valence-corrected chi connectivity index (χ2v) is 6.71. The molecule has 6 nitrogen and oxygen atoms in total. The lowest BCUT2D eigenvalue weighted by Gasteiger charge is -2.27. The Morgan fingerprint density at radius 2 is 1.89 bits per heavy atom. The Labute approximate surface area is 167 Å². The number of barbiturate groups is 1. The van der Waals surface area contributed by atoms with E-state index < -0.39 is 17.8 Å². The van der Waals surface area contributed by atoms with Crippen molar-refractivity contribution >= 4 is 41.2 Å². The predicted octanol–water partition coefficient (Wildman–Crippen LogP) is 4.10. The second-order valence-electron chi connectivity index (χ2n) is 6.27. The van der Waals surface area contributed by atoms with E-state index in [1.54, 1.807) is 49.4 Å². The Morgan fingerprint density at radius 1 is 1.14 bits per heavy atom. The summed E-state index contributed by atoms with van der Waals surface area (Å²) in [4.78, 5) is 38.7. The molecule has 7 heteroatoms. The lowest BCUT2D eigenvalue weighted by atomic mass is 10.0. The van der Waals surface area contributed by atoms with Crippen molar-refractivity contribution in [2.45, 2.75) is 20.3 Å². The first kappa shape index (κ1) is 19.6. The first-order valence-electron chi connectivity index (χ1n) is 8.81. The number of amides is 4. The van der Waals surface area contributed by atoms with E-state index in [0.29, 0.717) is 28.6 Å². The highest BCUT2D eigenvalue weighted by Crippen LogP contribution is 2.29. The fraction of sp³-hybridized carbons (Fsp3) is 0.190. The lowest BCUT2D eigenvalue weighted by Crippen LogP contribution is -2.54. The van der Waals surface area contributed by atoms with Crippen molar-refractivity contribution in [2.75, 3.05) is 11.5 Å². The monoisotopic (exact) mass is 398 g/mol. The number of hydrogen-bond acceptors (Lipinski definition) is 4. The first-order chi connectivity index (χ1) is 13.4. The molecule has 1 heterocycles. The van der Waals surface area contributed by atoms with Gasteiger partial charge in [-0.05, 0) is 49.2 Å². The lowest BCUT2D eigenvalue weighted by molar-refractivity contribution is -0.122. The summed E-state index contributed by atoms with van der Waals surface area (Å²) >= 11 is 6.08. The van der Waals surface area contributed by atoms with Crippen LogP contribution in [-0.4, -0.2) is 24.5 Å². The number of halogens is 1. The molecule has 1 fully saturated rings. The molecule has 0 saturated carbocycles. The average Bonchev–Trinajstić information content (AvgIpc) is 2.66. The molecule has 2 aromatic carbocycles.